The summed E-state index contributed by atoms with van der Waals surface area (Å²) in [7, 11) is 0. The number of hydrogen-bond donors (Lipinski definition) is 0. The third kappa shape index (κ3) is 8.95. The van der Waals surface area contributed by atoms with E-state index in [1.165, 1.54) is 53.6 Å². The largest absolute Gasteiger partial charge is 0.253 e. The minimum absolute atomic E-state index is 0.604. The molecule has 30 heavy (non-hydrogen) atoms. The predicted molar refractivity (Wildman–Crippen MR) is 134 cm³/mol. The van der Waals surface area contributed by atoms with Crippen LogP contribution in [0.1, 0.15) is 81.7 Å². The molecule has 2 aromatic carbocycles. The molecule has 0 aliphatic carbocycles. The van der Waals surface area contributed by atoms with Crippen molar-refractivity contribution in [3.63, 3.8) is 0 Å². The molecule has 0 fully saturated rings. The highest BCUT2D eigenvalue weighted by atomic mass is 14.7. The smallest absolute Gasteiger partial charge is 0.0708 e. The van der Waals surface area contributed by atoms with Gasteiger partial charge in [-0.25, -0.2) is 0 Å². The average Bonchev–Trinajstić information content (AvgIpc) is 2.75. The number of pyridine rings is 1. The van der Waals surface area contributed by atoms with Crippen LogP contribution in [-0.4, -0.2) is 4.98 Å². The quantitative estimate of drug-likeness (QED) is 0.400. The number of rotatable bonds is 6. The van der Waals surface area contributed by atoms with Gasteiger partial charge in [-0.1, -0.05) is 106 Å². The summed E-state index contributed by atoms with van der Waals surface area (Å²) in [6, 6.07) is 23.4. The van der Waals surface area contributed by atoms with Gasteiger partial charge in [0.15, 0.2) is 0 Å². The molecule has 0 saturated carbocycles. The van der Waals surface area contributed by atoms with Gasteiger partial charge in [0.2, 0.25) is 0 Å². The van der Waals surface area contributed by atoms with Crippen LogP contribution >= 0.6 is 0 Å². The maximum atomic E-state index is 4.94. The summed E-state index contributed by atoms with van der Waals surface area (Å²) in [6.07, 6.45) is 4.92. The van der Waals surface area contributed by atoms with Crippen molar-refractivity contribution in [3.05, 3.63) is 89.1 Å². The molecule has 0 N–H and O–H groups in total. The summed E-state index contributed by atoms with van der Waals surface area (Å²) in [6.45, 7) is 14.9. The van der Waals surface area contributed by atoms with Crippen molar-refractivity contribution in [1.29, 1.82) is 0 Å². The molecule has 1 aromatic heterocycles. The van der Waals surface area contributed by atoms with E-state index in [0.717, 1.165) is 5.69 Å². The summed E-state index contributed by atoms with van der Waals surface area (Å²) in [5, 5.41) is 0. The topological polar surface area (TPSA) is 12.9 Å². The summed E-state index contributed by atoms with van der Waals surface area (Å²) < 4.78 is 0. The van der Waals surface area contributed by atoms with E-state index in [9.17, 15) is 0 Å². The number of aromatic nitrogens is 1. The van der Waals surface area contributed by atoms with Gasteiger partial charge >= 0.3 is 0 Å². The van der Waals surface area contributed by atoms with E-state index in [4.69, 9.17) is 4.98 Å². The molecule has 1 heteroatoms. The Bertz CT molecular complexity index is 813. The second-order valence-electron chi connectivity index (χ2n) is 7.75. The van der Waals surface area contributed by atoms with Gasteiger partial charge in [0.05, 0.1) is 5.69 Å². The highest BCUT2D eigenvalue weighted by molar-refractivity contribution is 5.60. The van der Waals surface area contributed by atoms with Crippen LogP contribution in [0.2, 0.25) is 0 Å². The summed E-state index contributed by atoms with van der Waals surface area (Å²) >= 11 is 0. The van der Waals surface area contributed by atoms with Crippen molar-refractivity contribution < 1.29 is 0 Å². The first-order valence-electron chi connectivity index (χ1n) is 11.6. The Labute approximate surface area is 185 Å². The first-order chi connectivity index (χ1) is 14.5. The highest BCUT2D eigenvalue weighted by Crippen LogP contribution is 2.28. The summed E-state index contributed by atoms with van der Waals surface area (Å²) in [5.41, 5.74) is 7.58. The van der Waals surface area contributed by atoms with Crippen molar-refractivity contribution in [1.82, 2.24) is 4.98 Å². The zero-order valence-electron chi connectivity index (χ0n) is 20.2. The van der Waals surface area contributed by atoms with Crippen LogP contribution in [-0.2, 0) is 0 Å². The van der Waals surface area contributed by atoms with E-state index in [-0.39, 0.29) is 0 Å². The predicted octanol–water partition coefficient (Wildman–Crippen LogP) is 9.07. The molecule has 1 nitrogen and oxygen atoms in total. The molecule has 162 valence electrons. The van der Waals surface area contributed by atoms with E-state index < -0.39 is 0 Å². The molecule has 0 aliphatic heterocycles. The van der Waals surface area contributed by atoms with Crippen LogP contribution in [0.25, 0.3) is 11.3 Å². The lowest BCUT2D eigenvalue weighted by molar-refractivity contribution is 0.548. The number of nitrogens with zero attached hydrogens (tertiary/aromatic N) is 1. The molecule has 0 aliphatic rings. The first kappa shape index (κ1) is 25.6. The Morgan fingerprint density at radius 2 is 1.23 bits per heavy atom. The second kappa shape index (κ2) is 14.6. The van der Waals surface area contributed by atoms with Crippen LogP contribution in [0.5, 0.6) is 0 Å². The molecular weight excluding hydrogens is 362 g/mol. The first-order valence-corrected chi connectivity index (χ1v) is 11.6. The van der Waals surface area contributed by atoms with E-state index in [1.807, 2.05) is 13.8 Å². The Balaban J connectivity index is 0.000000375. The van der Waals surface area contributed by atoms with Crippen LogP contribution in [0.15, 0.2) is 66.7 Å². The van der Waals surface area contributed by atoms with Gasteiger partial charge in [0.25, 0.3) is 0 Å². The fourth-order valence-electron chi connectivity index (χ4n) is 3.60. The third-order valence-electron chi connectivity index (χ3n) is 4.93. The fraction of sp³-hybridized carbons (Fsp3) is 0.414. The standard InChI is InChI=1S/C19H25N.C8H10.C2H6/c1-4-9-16(10-5-2)18-13-15(3)14-19(20-18)17-11-7-6-8-12-17;1-7-4-3-5-8(2)6-7;1-2/h6-8,11-14,16H,4-5,9-10H2,1-3H3;3-6H,1-2H3;1-2H3. The molecule has 0 atom stereocenters. The number of aryl methyl sites for hydroxylation is 3. The van der Waals surface area contributed by atoms with Crippen LogP contribution < -0.4 is 0 Å². The molecule has 0 unspecified atom stereocenters. The summed E-state index contributed by atoms with van der Waals surface area (Å²) in [5.74, 6) is 0.604. The third-order valence-corrected chi connectivity index (χ3v) is 4.93. The van der Waals surface area contributed by atoms with Crippen molar-refractivity contribution in [2.75, 3.05) is 0 Å². The maximum absolute atomic E-state index is 4.94. The van der Waals surface area contributed by atoms with E-state index >= 15 is 0 Å². The maximum Gasteiger partial charge on any atom is 0.0708 e. The van der Waals surface area contributed by atoms with Crippen molar-refractivity contribution in [2.45, 2.75) is 80.1 Å². The number of hydrogen-bond acceptors (Lipinski definition) is 1. The van der Waals surface area contributed by atoms with Crippen LogP contribution in [0.3, 0.4) is 0 Å². The lowest BCUT2D eigenvalue weighted by Gasteiger charge is -2.16. The van der Waals surface area contributed by atoms with Crippen molar-refractivity contribution in [3.8, 4) is 11.3 Å². The monoisotopic (exact) mass is 403 g/mol. The zero-order chi connectivity index (χ0) is 22.4. The van der Waals surface area contributed by atoms with Gasteiger partial charge in [0, 0.05) is 17.2 Å². The van der Waals surface area contributed by atoms with Crippen LogP contribution in [0, 0.1) is 20.8 Å². The van der Waals surface area contributed by atoms with Crippen LogP contribution in [0.4, 0.5) is 0 Å². The lowest BCUT2D eigenvalue weighted by Crippen LogP contribution is -2.03. The van der Waals surface area contributed by atoms with Crippen molar-refractivity contribution >= 4 is 0 Å². The SMILES string of the molecule is CC.CCCC(CCC)c1cc(C)cc(-c2ccccc2)n1.Cc1cccc(C)c1. The fourth-order valence-corrected chi connectivity index (χ4v) is 3.60. The van der Waals surface area contributed by atoms with Gasteiger partial charge in [-0.2, -0.15) is 0 Å². The molecule has 3 aromatic rings. The Kier molecular flexibility index (Phi) is 12.4. The molecule has 3 rings (SSSR count). The van der Waals surface area contributed by atoms with E-state index in [0.29, 0.717) is 5.92 Å². The highest BCUT2D eigenvalue weighted by Gasteiger charge is 2.13. The minimum atomic E-state index is 0.604. The van der Waals surface area contributed by atoms with Gasteiger partial charge in [-0.05, 0) is 51.3 Å². The van der Waals surface area contributed by atoms with Gasteiger partial charge in [0.1, 0.15) is 0 Å². The molecule has 0 saturated heterocycles. The minimum Gasteiger partial charge on any atom is -0.253 e. The van der Waals surface area contributed by atoms with Gasteiger partial charge in [-0.3, -0.25) is 4.98 Å². The molecule has 0 amide bonds. The normalized spacial score (nSPS) is 10.0. The molecule has 0 radical (unpaired) electrons. The lowest BCUT2D eigenvalue weighted by atomic mass is 9.93. The van der Waals surface area contributed by atoms with E-state index in [2.05, 4.69) is 101 Å². The zero-order valence-corrected chi connectivity index (χ0v) is 20.2. The second-order valence-corrected chi connectivity index (χ2v) is 7.75. The molecule has 0 bridgehead atoms. The Hall–Kier alpha value is -2.41. The molecule has 0 spiro atoms. The summed E-state index contributed by atoms with van der Waals surface area (Å²) in [4.78, 5) is 4.94. The van der Waals surface area contributed by atoms with E-state index in [1.54, 1.807) is 0 Å². The van der Waals surface area contributed by atoms with Gasteiger partial charge < -0.3 is 0 Å². The Morgan fingerprint density at radius 3 is 1.70 bits per heavy atom. The Morgan fingerprint density at radius 1 is 0.667 bits per heavy atom. The van der Waals surface area contributed by atoms with Crippen molar-refractivity contribution in [2.24, 2.45) is 0 Å². The molecule has 1 heterocycles. The van der Waals surface area contributed by atoms with Gasteiger partial charge in [-0.15, -0.1) is 0 Å². The number of benzene rings is 2. The molecular formula is C29H41N. The average molecular weight is 404 g/mol.